The third-order valence-electron chi connectivity index (χ3n) is 3.69. The van der Waals surface area contributed by atoms with Gasteiger partial charge in [0.25, 0.3) is 5.91 Å². The van der Waals surface area contributed by atoms with Gasteiger partial charge in [-0.2, -0.15) is 0 Å². The first kappa shape index (κ1) is 15.4. The molecular formula is C14H28N2O2. The summed E-state index contributed by atoms with van der Waals surface area (Å²) in [5.41, 5.74) is 2.51. The van der Waals surface area contributed by atoms with Crippen LogP contribution in [0.25, 0.3) is 0 Å². The number of hydrogen-bond acceptors (Lipinski definition) is 3. The Bertz CT molecular complexity index is 279. The number of rotatable bonds is 5. The third-order valence-corrected chi connectivity index (χ3v) is 3.69. The molecule has 0 aromatic rings. The number of hydrogen-bond donors (Lipinski definition) is 2. The fourth-order valence-electron chi connectivity index (χ4n) is 3.21. The van der Waals surface area contributed by atoms with Crippen LogP contribution in [-0.2, 0) is 9.53 Å². The van der Waals surface area contributed by atoms with Crippen LogP contribution in [0.5, 0.6) is 0 Å². The van der Waals surface area contributed by atoms with Gasteiger partial charge in [0.05, 0.1) is 6.10 Å². The first-order valence-electron chi connectivity index (χ1n) is 7.04. The maximum absolute atomic E-state index is 11.7. The second-order valence-electron chi connectivity index (χ2n) is 6.46. The Hall–Kier alpha value is -0.610. The molecular weight excluding hydrogens is 228 g/mol. The minimum absolute atomic E-state index is 0.178. The van der Waals surface area contributed by atoms with Crippen molar-refractivity contribution in [3.8, 4) is 0 Å². The number of amides is 1. The Balaban J connectivity index is 2.60. The van der Waals surface area contributed by atoms with E-state index in [1.165, 1.54) is 6.42 Å². The maximum atomic E-state index is 11.7. The van der Waals surface area contributed by atoms with E-state index in [9.17, 15) is 4.79 Å². The van der Waals surface area contributed by atoms with Gasteiger partial charge < -0.3 is 4.74 Å². The number of hydrazine groups is 1. The lowest BCUT2D eigenvalue weighted by Gasteiger charge is -2.39. The fraction of sp³-hybridized carbons (Fsp3) is 0.929. The smallest absolute Gasteiger partial charge is 0.262 e. The van der Waals surface area contributed by atoms with Gasteiger partial charge in [-0.1, -0.05) is 34.1 Å². The molecule has 3 unspecified atom stereocenters. The van der Waals surface area contributed by atoms with Crippen LogP contribution in [0.4, 0.5) is 0 Å². The quantitative estimate of drug-likeness (QED) is 0.451. The monoisotopic (exact) mass is 256 g/mol. The molecule has 1 fully saturated rings. The third kappa shape index (κ3) is 4.58. The molecule has 0 saturated heterocycles. The van der Waals surface area contributed by atoms with Crippen molar-refractivity contribution in [1.82, 2.24) is 5.43 Å². The van der Waals surface area contributed by atoms with E-state index < -0.39 is 6.10 Å². The summed E-state index contributed by atoms with van der Waals surface area (Å²) in [5.74, 6) is 5.66. The average Bonchev–Trinajstić information content (AvgIpc) is 2.24. The van der Waals surface area contributed by atoms with E-state index >= 15 is 0 Å². The van der Waals surface area contributed by atoms with Gasteiger partial charge in [-0.05, 0) is 37.0 Å². The van der Waals surface area contributed by atoms with E-state index in [2.05, 4.69) is 26.2 Å². The molecule has 0 aromatic carbocycles. The summed E-state index contributed by atoms with van der Waals surface area (Å²) in [6, 6.07) is 0. The minimum Gasteiger partial charge on any atom is -0.365 e. The second-order valence-corrected chi connectivity index (χ2v) is 6.46. The van der Waals surface area contributed by atoms with Gasteiger partial charge in [0.2, 0.25) is 0 Å². The molecule has 0 aliphatic heterocycles. The molecule has 1 aliphatic carbocycles. The molecule has 1 rings (SSSR count). The van der Waals surface area contributed by atoms with Gasteiger partial charge in [-0.25, -0.2) is 5.84 Å². The Morgan fingerprint density at radius 3 is 2.67 bits per heavy atom. The van der Waals surface area contributed by atoms with Gasteiger partial charge in [0, 0.05) is 0 Å². The molecule has 4 nitrogen and oxygen atoms in total. The Morgan fingerprint density at radius 2 is 2.17 bits per heavy atom. The molecule has 0 radical (unpaired) electrons. The molecule has 3 N–H and O–H groups in total. The van der Waals surface area contributed by atoms with Crippen molar-refractivity contribution < 1.29 is 9.53 Å². The van der Waals surface area contributed by atoms with Crippen LogP contribution >= 0.6 is 0 Å². The van der Waals surface area contributed by atoms with Crippen LogP contribution < -0.4 is 11.3 Å². The van der Waals surface area contributed by atoms with Crippen LogP contribution in [0.3, 0.4) is 0 Å². The first-order chi connectivity index (χ1) is 8.38. The number of carbonyl (C=O) groups excluding carboxylic acids is 1. The van der Waals surface area contributed by atoms with Crippen molar-refractivity contribution in [2.45, 2.75) is 72.0 Å². The van der Waals surface area contributed by atoms with E-state index in [1.54, 1.807) is 0 Å². The molecule has 1 amide bonds. The van der Waals surface area contributed by atoms with E-state index in [0.717, 1.165) is 25.7 Å². The lowest BCUT2D eigenvalue weighted by atomic mass is 9.71. The van der Waals surface area contributed by atoms with Crippen LogP contribution in [0, 0.1) is 11.3 Å². The van der Waals surface area contributed by atoms with Crippen molar-refractivity contribution in [3.63, 3.8) is 0 Å². The highest BCUT2D eigenvalue weighted by atomic mass is 16.5. The highest BCUT2D eigenvalue weighted by molar-refractivity contribution is 5.80. The van der Waals surface area contributed by atoms with E-state index in [1.807, 2.05) is 6.92 Å². The van der Waals surface area contributed by atoms with Gasteiger partial charge in [-0.15, -0.1) is 0 Å². The summed E-state index contributed by atoms with van der Waals surface area (Å²) in [6.45, 7) is 8.86. The normalized spacial score (nSPS) is 28.7. The molecule has 1 saturated carbocycles. The van der Waals surface area contributed by atoms with Crippen molar-refractivity contribution >= 4 is 5.91 Å². The van der Waals surface area contributed by atoms with Crippen molar-refractivity contribution in [1.29, 1.82) is 0 Å². The molecule has 4 heteroatoms. The highest BCUT2D eigenvalue weighted by Crippen LogP contribution is 2.40. The summed E-state index contributed by atoms with van der Waals surface area (Å²) in [4.78, 5) is 11.7. The Kier molecular flexibility index (Phi) is 5.60. The molecule has 0 spiro atoms. The second kappa shape index (κ2) is 6.53. The number of carbonyl (C=O) groups is 1. The van der Waals surface area contributed by atoms with Crippen LogP contribution in [0.1, 0.15) is 59.8 Å². The Labute approximate surface area is 111 Å². The maximum Gasteiger partial charge on any atom is 0.262 e. The predicted molar refractivity (Wildman–Crippen MR) is 72.7 cm³/mol. The van der Waals surface area contributed by atoms with Gasteiger partial charge in [0.1, 0.15) is 6.10 Å². The number of nitrogens with two attached hydrogens (primary N) is 1. The van der Waals surface area contributed by atoms with Crippen molar-refractivity contribution in [2.75, 3.05) is 0 Å². The average molecular weight is 256 g/mol. The molecule has 18 heavy (non-hydrogen) atoms. The van der Waals surface area contributed by atoms with Crippen LogP contribution in [0.2, 0.25) is 0 Å². The SMILES string of the molecule is CCCC(OC1CC(C)CC(C)(C)C1)C(=O)NN. The zero-order valence-electron chi connectivity index (χ0n) is 12.2. The van der Waals surface area contributed by atoms with Crippen molar-refractivity contribution in [3.05, 3.63) is 0 Å². The largest absolute Gasteiger partial charge is 0.365 e. The Morgan fingerprint density at radius 1 is 1.50 bits per heavy atom. The molecule has 3 atom stereocenters. The van der Waals surface area contributed by atoms with Gasteiger partial charge in [-0.3, -0.25) is 10.2 Å². The van der Waals surface area contributed by atoms with Crippen LogP contribution in [0.15, 0.2) is 0 Å². The summed E-state index contributed by atoms with van der Waals surface area (Å²) < 4.78 is 6.00. The number of nitrogens with one attached hydrogen (secondary N) is 1. The van der Waals surface area contributed by atoms with E-state index in [4.69, 9.17) is 10.6 Å². The molecule has 0 heterocycles. The summed E-state index contributed by atoms with van der Waals surface area (Å²) in [7, 11) is 0. The summed E-state index contributed by atoms with van der Waals surface area (Å²) in [6.07, 6.45) is 4.73. The number of ether oxygens (including phenoxy) is 1. The standard InChI is InChI=1S/C14H28N2O2/c1-5-6-12(13(17)16-15)18-11-7-10(2)8-14(3,4)9-11/h10-12H,5-9,15H2,1-4H3,(H,16,17). The van der Waals surface area contributed by atoms with Crippen LogP contribution in [-0.4, -0.2) is 18.1 Å². The van der Waals surface area contributed by atoms with Gasteiger partial charge >= 0.3 is 0 Å². The summed E-state index contributed by atoms with van der Waals surface area (Å²) in [5, 5.41) is 0. The van der Waals surface area contributed by atoms with Crippen molar-refractivity contribution in [2.24, 2.45) is 17.2 Å². The highest BCUT2D eigenvalue weighted by Gasteiger charge is 2.34. The lowest BCUT2D eigenvalue weighted by Crippen LogP contribution is -2.44. The minimum atomic E-state index is -0.397. The topological polar surface area (TPSA) is 64.3 Å². The molecule has 0 aromatic heterocycles. The van der Waals surface area contributed by atoms with E-state index in [0.29, 0.717) is 11.3 Å². The summed E-state index contributed by atoms with van der Waals surface area (Å²) >= 11 is 0. The molecule has 0 bridgehead atoms. The van der Waals surface area contributed by atoms with Gasteiger partial charge in [0.15, 0.2) is 0 Å². The molecule has 106 valence electrons. The fourth-order valence-corrected chi connectivity index (χ4v) is 3.21. The zero-order chi connectivity index (χ0) is 13.8. The first-order valence-corrected chi connectivity index (χ1v) is 7.04. The van der Waals surface area contributed by atoms with E-state index in [-0.39, 0.29) is 12.0 Å². The molecule has 1 aliphatic rings. The predicted octanol–water partition coefficient (Wildman–Crippen LogP) is 2.38. The lowest BCUT2D eigenvalue weighted by molar-refractivity contribution is -0.142. The zero-order valence-corrected chi connectivity index (χ0v) is 12.2.